The van der Waals surface area contributed by atoms with Gasteiger partial charge < -0.3 is 30.7 Å². The van der Waals surface area contributed by atoms with Crippen LogP contribution >= 0.6 is 0 Å². The number of primary amides is 1. The Balaban J connectivity index is 2.56. The molecule has 4 amide bonds. The number of methoxy groups -OCH3 is 1. The zero-order chi connectivity index (χ0) is 29.3. The van der Waals surface area contributed by atoms with Gasteiger partial charge in [0.25, 0.3) is 5.91 Å². The van der Waals surface area contributed by atoms with E-state index in [1.165, 1.54) is 7.11 Å². The van der Waals surface area contributed by atoms with Crippen molar-refractivity contribution in [2.45, 2.75) is 58.7 Å². The first-order valence-corrected chi connectivity index (χ1v) is 12.2. The molecule has 0 aliphatic carbocycles. The quantitative estimate of drug-likeness (QED) is 0.392. The van der Waals surface area contributed by atoms with E-state index in [1.807, 2.05) is 19.1 Å². The first-order valence-electron chi connectivity index (χ1n) is 12.2. The summed E-state index contributed by atoms with van der Waals surface area (Å²) in [5.74, 6) is -1.74. The van der Waals surface area contributed by atoms with E-state index in [0.717, 1.165) is 10.5 Å². The van der Waals surface area contributed by atoms with Crippen LogP contribution in [0.25, 0.3) is 0 Å². The number of anilines is 1. The molecule has 0 radical (unpaired) electrons. The van der Waals surface area contributed by atoms with Crippen LogP contribution in [0.2, 0.25) is 0 Å². The predicted molar refractivity (Wildman–Crippen MR) is 145 cm³/mol. The van der Waals surface area contributed by atoms with Crippen LogP contribution in [0.3, 0.4) is 0 Å². The molecule has 0 spiro atoms. The van der Waals surface area contributed by atoms with Gasteiger partial charge in [-0.05, 0) is 70.0 Å². The molecule has 0 saturated carbocycles. The molecule has 0 heterocycles. The highest BCUT2D eigenvalue weighted by Crippen LogP contribution is 2.28. The summed E-state index contributed by atoms with van der Waals surface area (Å²) in [5.41, 5.74) is 6.91. The summed E-state index contributed by atoms with van der Waals surface area (Å²) < 4.78 is 10.4. The minimum Gasteiger partial charge on any atom is -0.497 e. The van der Waals surface area contributed by atoms with Crippen LogP contribution in [0, 0.1) is 25.2 Å². The van der Waals surface area contributed by atoms with Crippen LogP contribution in [-0.2, 0) is 19.1 Å². The molecule has 39 heavy (non-hydrogen) atoms. The van der Waals surface area contributed by atoms with Crippen molar-refractivity contribution in [3.8, 4) is 11.8 Å². The van der Waals surface area contributed by atoms with Gasteiger partial charge >= 0.3 is 6.09 Å². The summed E-state index contributed by atoms with van der Waals surface area (Å²) in [5, 5.41) is 14.8. The Morgan fingerprint density at radius 1 is 1.08 bits per heavy atom. The molecule has 208 valence electrons. The van der Waals surface area contributed by atoms with Crippen LogP contribution < -0.4 is 21.1 Å². The monoisotopic (exact) mass is 537 g/mol. The molecule has 2 unspecified atom stereocenters. The summed E-state index contributed by atoms with van der Waals surface area (Å²) >= 11 is 0. The number of alkyl carbamates (subject to hydrolysis) is 1. The Morgan fingerprint density at radius 3 is 2.26 bits per heavy atom. The molecule has 2 aromatic rings. The molecule has 0 bridgehead atoms. The highest BCUT2D eigenvalue weighted by Gasteiger charge is 2.37. The average molecular weight is 538 g/mol. The van der Waals surface area contributed by atoms with Crippen LogP contribution in [0.5, 0.6) is 5.75 Å². The molecule has 2 rings (SSSR count). The number of ether oxygens (including phenoxy) is 2. The van der Waals surface area contributed by atoms with Gasteiger partial charge in [0.2, 0.25) is 11.8 Å². The van der Waals surface area contributed by atoms with E-state index in [9.17, 15) is 24.4 Å². The smallest absolute Gasteiger partial charge is 0.408 e. The lowest BCUT2D eigenvalue weighted by Crippen LogP contribution is -2.53. The zero-order valence-corrected chi connectivity index (χ0v) is 23.0. The lowest BCUT2D eigenvalue weighted by molar-refractivity contribution is -0.141. The van der Waals surface area contributed by atoms with E-state index < -0.39 is 54.5 Å². The van der Waals surface area contributed by atoms with Crippen molar-refractivity contribution >= 4 is 29.5 Å². The first kappa shape index (κ1) is 30.6. The third-order valence-electron chi connectivity index (χ3n) is 5.57. The normalized spacial score (nSPS) is 12.3. The Bertz CT molecular complexity index is 1250. The molecule has 0 fully saturated rings. The van der Waals surface area contributed by atoms with Gasteiger partial charge in [-0.25, -0.2) is 4.79 Å². The molecule has 4 N–H and O–H groups in total. The van der Waals surface area contributed by atoms with Crippen molar-refractivity contribution in [2.75, 3.05) is 19.0 Å². The van der Waals surface area contributed by atoms with Crippen molar-refractivity contribution in [1.82, 2.24) is 10.2 Å². The minimum absolute atomic E-state index is 0.432. The van der Waals surface area contributed by atoms with Gasteiger partial charge in [0.1, 0.15) is 30.0 Å². The molecule has 2 atom stereocenters. The Kier molecular flexibility index (Phi) is 10.4. The van der Waals surface area contributed by atoms with Gasteiger partial charge in [-0.2, -0.15) is 5.26 Å². The minimum atomic E-state index is -1.48. The second kappa shape index (κ2) is 13.3. The van der Waals surface area contributed by atoms with E-state index >= 15 is 0 Å². The van der Waals surface area contributed by atoms with Crippen LogP contribution in [0.1, 0.15) is 49.9 Å². The van der Waals surface area contributed by atoms with Crippen molar-refractivity contribution in [1.29, 1.82) is 5.26 Å². The SMILES string of the molecule is COc1ccc(NC(=O)C(c2cc(C)ccc2C)N(CC#N)C(=O)C(CC(N)=O)NC(=O)OC(C)(C)C)cc1. The largest absolute Gasteiger partial charge is 0.497 e. The highest BCUT2D eigenvalue weighted by atomic mass is 16.6. The molecule has 0 aliphatic heterocycles. The Morgan fingerprint density at radius 2 is 1.72 bits per heavy atom. The number of nitrogens with one attached hydrogen (secondary N) is 2. The molecule has 11 nitrogen and oxygen atoms in total. The lowest BCUT2D eigenvalue weighted by atomic mass is 9.96. The van der Waals surface area contributed by atoms with E-state index in [2.05, 4.69) is 10.6 Å². The summed E-state index contributed by atoms with van der Waals surface area (Å²) in [6, 6.07) is 11.1. The third kappa shape index (κ3) is 9.03. The fraction of sp³-hybridized carbons (Fsp3) is 0.393. The number of aryl methyl sites for hydroxylation is 2. The van der Waals surface area contributed by atoms with Crippen LogP contribution in [0.4, 0.5) is 10.5 Å². The summed E-state index contributed by atoms with van der Waals surface area (Å²) in [6.45, 7) is 8.01. The third-order valence-corrected chi connectivity index (χ3v) is 5.57. The van der Waals surface area contributed by atoms with E-state index in [4.69, 9.17) is 15.2 Å². The van der Waals surface area contributed by atoms with Crippen molar-refractivity contribution in [2.24, 2.45) is 5.73 Å². The number of nitrogens with two attached hydrogens (primary N) is 1. The van der Waals surface area contributed by atoms with Gasteiger partial charge in [-0.1, -0.05) is 23.8 Å². The molecule has 0 saturated heterocycles. The van der Waals surface area contributed by atoms with Gasteiger partial charge in [0.05, 0.1) is 19.6 Å². The standard InChI is InChI=1S/C28H35N5O6/c1-17-7-8-18(2)21(15-17)24(25(35)31-19-9-11-20(38-6)12-10-19)33(14-13-29)26(36)22(16-23(30)34)32-27(37)39-28(3,4)5/h7-12,15,22,24H,14,16H2,1-6H3,(H2,30,34)(H,31,35)(H,32,37). The summed E-state index contributed by atoms with van der Waals surface area (Å²) in [6.07, 6.45) is -1.52. The summed E-state index contributed by atoms with van der Waals surface area (Å²) in [4.78, 5) is 52.9. The number of benzene rings is 2. The zero-order valence-electron chi connectivity index (χ0n) is 23.0. The van der Waals surface area contributed by atoms with Gasteiger partial charge in [-0.15, -0.1) is 0 Å². The molecule has 0 aliphatic rings. The number of hydrogen-bond acceptors (Lipinski definition) is 7. The average Bonchev–Trinajstić information content (AvgIpc) is 2.84. The van der Waals surface area contributed by atoms with E-state index in [0.29, 0.717) is 22.6 Å². The molecule has 11 heteroatoms. The Labute approximate surface area is 228 Å². The fourth-order valence-corrected chi connectivity index (χ4v) is 3.81. The van der Waals surface area contributed by atoms with Crippen molar-refractivity contribution in [3.63, 3.8) is 0 Å². The van der Waals surface area contributed by atoms with Crippen LogP contribution in [0.15, 0.2) is 42.5 Å². The number of carbonyl (C=O) groups excluding carboxylic acids is 4. The maximum atomic E-state index is 13.8. The number of nitriles is 1. The fourth-order valence-electron chi connectivity index (χ4n) is 3.81. The second-order valence-corrected chi connectivity index (χ2v) is 9.97. The second-order valence-electron chi connectivity index (χ2n) is 9.97. The molecule has 2 aromatic carbocycles. The first-order chi connectivity index (χ1) is 18.2. The predicted octanol–water partition coefficient (Wildman–Crippen LogP) is 3.11. The number of nitrogens with zero attached hydrogens (tertiary/aromatic N) is 2. The maximum Gasteiger partial charge on any atom is 0.408 e. The van der Waals surface area contributed by atoms with Gasteiger partial charge in [0.15, 0.2) is 0 Å². The topological polar surface area (TPSA) is 164 Å². The van der Waals surface area contributed by atoms with E-state index in [-0.39, 0.29) is 0 Å². The molecular formula is C28H35N5O6. The van der Waals surface area contributed by atoms with Gasteiger partial charge in [-0.3, -0.25) is 14.4 Å². The summed E-state index contributed by atoms with van der Waals surface area (Å²) in [7, 11) is 1.52. The Hall–Kier alpha value is -4.59. The highest BCUT2D eigenvalue weighted by molar-refractivity contribution is 6.00. The van der Waals surface area contributed by atoms with Gasteiger partial charge in [0, 0.05) is 5.69 Å². The van der Waals surface area contributed by atoms with Crippen LogP contribution in [-0.4, -0.2) is 54.0 Å². The molecular weight excluding hydrogens is 502 g/mol. The van der Waals surface area contributed by atoms with E-state index in [1.54, 1.807) is 64.1 Å². The number of rotatable bonds is 10. The van der Waals surface area contributed by atoms with Crippen molar-refractivity contribution < 1.29 is 28.7 Å². The maximum absolute atomic E-state index is 13.8. The van der Waals surface area contributed by atoms with Crippen molar-refractivity contribution in [3.05, 3.63) is 59.2 Å². The lowest BCUT2D eigenvalue weighted by Gasteiger charge is -2.33. The number of carbonyl (C=O) groups is 4. The molecule has 0 aromatic heterocycles. The number of amides is 4. The number of hydrogen-bond donors (Lipinski definition) is 3.